The lowest BCUT2D eigenvalue weighted by Gasteiger charge is -2.25. The van der Waals surface area contributed by atoms with Gasteiger partial charge >= 0.3 is 0 Å². The minimum atomic E-state index is -0.694. The Morgan fingerprint density at radius 1 is 1.50 bits per heavy atom. The molecule has 1 unspecified atom stereocenters. The summed E-state index contributed by atoms with van der Waals surface area (Å²) in [7, 11) is 0. The zero-order valence-corrected chi connectivity index (χ0v) is 5.82. The van der Waals surface area contributed by atoms with Crippen LogP contribution in [0.15, 0.2) is 12.7 Å². The maximum atomic E-state index is 9.11. The second kappa shape index (κ2) is 3.71. The fourth-order valence-electron chi connectivity index (χ4n) is 0.814. The van der Waals surface area contributed by atoms with Gasteiger partial charge in [0.25, 0.3) is 0 Å². The summed E-state index contributed by atoms with van der Waals surface area (Å²) < 4.78 is 10.2. The van der Waals surface area contributed by atoms with Gasteiger partial charge in [-0.05, 0) is 6.42 Å². The Morgan fingerprint density at radius 3 is 2.60 bits per heavy atom. The molecular weight excluding hydrogens is 132 g/mol. The summed E-state index contributed by atoms with van der Waals surface area (Å²) in [6.07, 6.45) is 1.13. The summed E-state index contributed by atoms with van der Waals surface area (Å²) in [5.41, 5.74) is 0. The van der Waals surface area contributed by atoms with Crippen molar-refractivity contribution in [3.63, 3.8) is 0 Å². The lowest BCUT2D eigenvalue weighted by molar-refractivity contribution is -0.212. The van der Waals surface area contributed by atoms with Crippen molar-refractivity contribution in [1.29, 1.82) is 0 Å². The summed E-state index contributed by atoms with van der Waals surface area (Å²) in [6, 6.07) is 0. The summed E-state index contributed by atoms with van der Waals surface area (Å²) >= 11 is 0. The molecule has 1 heterocycles. The third-order valence-corrected chi connectivity index (χ3v) is 1.37. The molecule has 0 aromatic carbocycles. The molecule has 1 N–H and O–H groups in total. The summed E-state index contributed by atoms with van der Waals surface area (Å²) in [5, 5.41) is 9.11. The maximum absolute atomic E-state index is 9.11. The summed E-state index contributed by atoms with van der Waals surface area (Å²) in [4.78, 5) is 0. The average Bonchev–Trinajstić information content (AvgIpc) is 2.05. The van der Waals surface area contributed by atoms with Crippen molar-refractivity contribution in [2.24, 2.45) is 0 Å². The molecule has 0 aromatic heterocycles. The Bertz CT molecular complexity index is 107. The monoisotopic (exact) mass is 144 g/mol. The van der Waals surface area contributed by atoms with E-state index in [0.29, 0.717) is 13.2 Å². The molecule has 0 aromatic rings. The Balaban J connectivity index is 2.30. The quantitative estimate of drug-likeness (QED) is 0.566. The molecule has 0 bridgehead atoms. The van der Waals surface area contributed by atoms with Crippen molar-refractivity contribution in [1.82, 2.24) is 0 Å². The van der Waals surface area contributed by atoms with Crippen LogP contribution in [0.1, 0.15) is 6.42 Å². The first-order chi connectivity index (χ1) is 4.84. The van der Waals surface area contributed by atoms with Crippen LogP contribution in [0, 0.1) is 0 Å². The van der Waals surface area contributed by atoms with E-state index >= 15 is 0 Å². The van der Waals surface area contributed by atoms with E-state index in [4.69, 9.17) is 14.6 Å². The third-order valence-electron chi connectivity index (χ3n) is 1.37. The van der Waals surface area contributed by atoms with Crippen LogP contribution in [0.2, 0.25) is 0 Å². The Labute approximate surface area is 60.3 Å². The normalized spacial score (nSPS) is 24.1. The van der Waals surface area contributed by atoms with Gasteiger partial charge in [0.1, 0.15) is 6.10 Å². The Kier molecular flexibility index (Phi) is 2.86. The van der Waals surface area contributed by atoms with E-state index in [9.17, 15) is 0 Å². The molecule has 10 heavy (non-hydrogen) atoms. The molecule has 3 heteroatoms. The highest BCUT2D eigenvalue weighted by Gasteiger charge is 2.19. The van der Waals surface area contributed by atoms with Gasteiger partial charge in [0, 0.05) is 0 Å². The first-order valence-electron chi connectivity index (χ1n) is 3.38. The number of aliphatic hydroxyl groups is 1. The predicted molar refractivity (Wildman–Crippen MR) is 36.5 cm³/mol. The molecule has 1 rings (SSSR count). The lowest BCUT2D eigenvalue weighted by atomic mass is 10.3. The molecule has 58 valence electrons. The van der Waals surface area contributed by atoms with Crippen LogP contribution in [0.4, 0.5) is 0 Å². The number of aliphatic hydroxyl groups excluding tert-OH is 1. The van der Waals surface area contributed by atoms with Gasteiger partial charge in [0.15, 0.2) is 6.29 Å². The highest BCUT2D eigenvalue weighted by molar-refractivity contribution is 4.81. The zero-order valence-electron chi connectivity index (χ0n) is 5.82. The molecule has 1 aliphatic heterocycles. The SMILES string of the molecule is C=CC(O)C1OCCCO1. The van der Waals surface area contributed by atoms with Gasteiger partial charge in [0.2, 0.25) is 0 Å². The molecule has 0 spiro atoms. The number of hydrogen-bond acceptors (Lipinski definition) is 3. The molecule has 0 aliphatic carbocycles. The molecular formula is C7H12O3. The molecule has 0 radical (unpaired) electrons. The molecule has 0 amide bonds. The second-order valence-corrected chi connectivity index (χ2v) is 2.19. The first kappa shape index (κ1) is 7.72. The van der Waals surface area contributed by atoms with E-state index in [1.54, 1.807) is 0 Å². The predicted octanol–water partition coefficient (Wildman–Crippen LogP) is 0.296. The lowest BCUT2D eigenvalue weighted by Crippen LogP contribution is -2.34. The van der Waals surface area contributed by atoms with Crippen molar-refractivity contribution in [3.05, 3.63) is 12.7 Å². The van der Waals surface area contributed by atoms with E-state index in [2.05, 4.69) is 6.58 Å². The molecule has 1 saturated heterocycles. The van der Waals surface area contributed by atoms with Gasteiger partial charge in [-0.15, -0.1) is 6.58 Å². The van der Waals surface area contributed by atoms with Gasteiger partial charge in [-0.3, -0.25) is 0 Å². The fourth-order valence-corrected chi connectivity index (χ4v) is 0.814. The van der Waals surface area contributed by atoms with E-state index in [1.165, 1.54) is 6.08 Å². The van der Waals surface area contributed by atoms with E-state index < -0.39 is 12.4 Å². The summed E-state index contributed by atoms with van der Waals surface area (Å²) in [6.45, 7) is 4.75. The van der Waals surface area contributed by atoms with Gasteiger partial charge < -0.3 is 14.6 Å². The van der Waals surface area contributed by atoms with Crippen LogP contribution in [0.5, 0.6) is 0 Å². The average molecular weight is 144 g/mol. The van der Waals surface area contributed by atoms with Crippen molar-refractivity contribution in [2.75, 3.05) is 13.2 Å². The molecule has 0 saturated carbocycles. The standard InChI is InChI=1S/C7H12O3/c1-2-6(8)7-9-4-3-5-10-7/h2,6-8H,1,3-5H2. The van der Waals surface area contributed by atoms with Crippen molar-refractivity contribution < 1.29 is 14.6 Å². The molecule has 3 nitrogen and oxygen atoms in total. The van der Waals surface area contributed by atoms with Crippen molar-refractivity contribution in [2.45, 2.75) is 18.8 Å². The summed E-state index contributed by atoms with van der Waals surface area (Å²) in [5.74, 6) is 0. The molecule has 1 fully saturated rings. The largest absolute Gasteiger partial charge is 0.384 e. The maximum Gasteiger partial charge on any atom is 0.187 e. The van der Waals surface area contributed by atoms with Crippen LogP contribution in [0.25, 0.3) is 0 Å². The van der Waals surface area contributed by atoms with Crippen molar-refractivity contribution >= 4 is 0 Å². The smallest absolute Gasteiger partial charge is 0.187 e. The van der Waals surface area contributed by atoms with E-state index in [-0.39, 0.29) is 0 Å². The Hall–Kier alpha value is -0.380. The first-order valence-corrected chi connectivity index (χ1v) is 3.38. The van der Waals surface area contributed by atoms with Gasteiger partial charge in [-0.25, -0.2) is 0 Å². The number of rotatable bonds is 2. The molecule has 1 atom stereocenters. The minimum Gasteiger partial charge on any atom is -0.384 e. The topological polar surface area (TPSA) is 38.7 Å². The number of hydrogen-bond donors (Lipinski definition) is 1. The van der Waals surface area contributed by atoms with Crippen LogP contribution in [-0.4, -0.2) is 30.7 Å². The van der Waals surface area contributed by atoms with Gasteiger partial charge in [-0.1, -0.05) is 6.08 Å². The highest BCUT2D eigenvalue weighted by Crippen LogP contribution is 2.08. The Morgan fingerprint density at radius 2 is 2.10 bits per heavy atom. The second-order valence-electron chi connectivity index (χ2n) is 2.19. The van der Waals surface area contributed by atoms with E-state index in [0.717, 1.165) is 6.42 Å². The van der Waals surface area contributed by atoms with Gasteiger partial charge in [-0.2, -0.15) is 0 Å². The van der Waals surface area contributed by atoms with Crippen LogP contribution in [-0.2, 0) is 9.47 Å². The third kappa shape index (κ3) is 1.80. The minimum absolute atomic E-state index is 0.494. The highest BCUT2D eigenvalue weighted by atomic mass is 16.7. The number of ether oxygens (including phenoxy) is 2. The van der Waals surface area contributed by atoms with Crippen LogP contribution in [0.3, 0.4) is 0 Å². The fraction of sp³-hybridized carbons (Fsp3) is 0.714. The van der Waals surface area contributed by atoms with Crippen LogP contribution >= 0.6 is 0 Å². The van der Waals surface area contributed by atoms with E-state index in [1.807, 2.05) is 0 Å². The van der Waals surface area contributed by atoms with Crippen molar-refractivity contribution in [3.8, 4) is 0 Å². The zero-order chi connectivity index (χ0) is 7.40. The molecule has 1 aliphatic rings. The van der Waals surface area contributed by atoms with Crippen LogP contribution < -0.4 is 0 Å². The van der Waals surface area contributed by atoms with Gasteiger partial charge in [0.05, 0.1) is 13.2 Å².